The van der Waals surface area contributed by atoms with E-state index in [-0.39, 0.29) is 0 Å². The molecule has 0 spiro atoms. The fraction of sp³-hybridized carbons (Fsp3) is 0.353. The summed E-state index contributed by atoms with van der Waals surface area (Å²) in [6.07, 6.45) is 8.12. The Hall–Kier alpha value is -3.23. The van der Waals surface area contributed by atoms with E-state index < -0.39 is 0 Å². The van der Waals surface area contributed by atoms with Gasteiger partial charge in [0.05, 0.1) is 5.39 Å². The van der Waals surface area contributed by atoms with Gasteiger partial charge in [0.15, 0.2) is 5.82 Å². The average molecular weight is 349 g/mol. The van der Waals surface area contributed by atoms with Crippen molar-refractivity contribution in [1.29, 1.82) is 0 Å². The Morgan fingerprint density at radius 2 is 1.81 bits per heavy atom. The summed E-state index contributed by atoms with van der Waals surface area (Å²) in [7, 11) is 0. The van der Waals surface area contributed by atoms with Crippen LogP contribution in [0.15, 0.2) is 31.0 Å². The monoisotopic (exact) mass is 349 g/mol. The quantitative estimate of drug-likeness (QED) is 0.596. The zero-order valence-electron chi connectivity index (χ0n) is 14.5. The fourth-order valence-corrected chi connectivity index (χ4v) is 3.57. The first-order valence-electron chi connectivity index (χ1n) is 8.81. The van der Waals surface area contributed by atoms with E-state index in [2.05, 4.69) is 46.9 Å². The standard InChI is InChI=1S/C17H19N9/c1-2-13-22-23-17-16(19-5-6-26(13)17)25-9-7-24(8-10-25)15-12-3-4-18-14(12)20-11-21-15/h3-6,11H,2,7-10H2,1H3,(H,18,20,21). The van der Waals surface area contributed by atoms with Crippen molar-refractivity contribution in [2.75, 3.05) is 36.0 Å². The molecule has 0 unspecified atom stereocenters. The van der Waals surface area contributed by atoms with E-state index in [0.29, 0.717) is 0 Å². The van der Waals surface area contributed by atoms with E-state index in [9.17, 15) is 0 Å². The SMILES string of the molecule is CCc1nnc2c(N3CCN(c4ncnc5[nH]ccc45)CC3)nccn12. The molecule has 1 fully saturated rings. The van der Waals surface area contributed by atoms with E-state index in [0.717, 1.165) is 66.7 Å². The Bertz CT molecular complexity index is 1060. The molecule has 0 aromatic carbocycles. The largest absolute Gasteiger partial charge is 0.352 e. The first kappa shape index (κ1) is 15.1. The minimum Gasteiger partial charge on any atom is -0.352 e. The van der Waals surface area contributed by atoms with Crippen LogP contribution in [0.25, 0.3) is 16.7 Å². The first-order chi connectivity index (χ1) is 12.8. The molecule has 0 radical (unpaired) electrons. The number of aryl methyl sites for hydroxylation is 1. The summed E-state index contributed by atoms with van der Waals surface area (Å²) in [5.41, 5.74) is 1.70. The molecule has 5 rings (SSSR count). The van der Waals surface area contributed by atoms with Crippen LogP contribution in [0.3, 0.4) is 0 Å². The number of aromatic nitrogens is 7. The van der Waals surface area contributed by atoms with Gasteiger partial charge in [-0.2, -0.15) is 0 Å². The third-order valence-electron chi connectivity index (χ3n) is 4.91. The van der Waals surface area contributed by atoms with Gasteiger partial charge in [0.2, 0.25) is 5.65 Å². The molecular weight excluding hydrogens is 330 g/mol. The molecule has 26 heavy (non-hydrogen) atoms. The molecule has 1 N–H and O–H groups in total. The zero-order chi connectivity index (χ0) is 17.5. The van der Waals surface area contributed by atoms with Crippen LogP contribution in [0.5, 0.6) is 0 Å². The summed E-state index contributed by atoms with van der Waals surface area (Å²) in [6.45, 7) is 5.54. The molecule has 5 heterocycles. The van der Waals surface area contributed by atoms with Crippen LogP contribution in [-0.4, -0.2) is 60.7 Å². The van der Waals surface area contributed by atoms with Crippen molar-refractivity contribution in [2.24, 2.45) is 0 Å². The zero-order valence-corrected chi connectivity index (χ0v) is 14.5. The number of nitrogens with zero attached hydrogens (tertiary/aromatic N) is 8. The highest BCUT2D eigenvalue weighted by Gasteiger charge is 2.23. The minimum atomic E-state index is 0.827. The lowest BCUT2D eigenvalue weighted by Crippen LogP contribution is -2.47. The van der Waals surface area contributed by atoms with E-state index in [1.165, 1.54) is 0 Å². The Balaban J connectivity index is 1.41. The number of hydrogen-bond donors (Lipinski definition) is 1. The fourth-order valence-electron chi connectivity index (χ4n) is 3.57. The summed E-state index contributed by atoms with van der Waals surface area (Å²) < 4.78 is 2.03. The van der Waals surface area contributed by atoms with Gasteiger partial charge in [-0.25, -0.2) is 15.0 Å². The number of rotatable bonds is 3. The number of H-pyrrole nitrogens is 1. The van der Waals surface area contributed by atoms with Gasteiger partial charge in [-0.05, 0) is 6.07 Å². The van der Waals surface area contributed by atoms with Crippen molar-refractivity contribution in [3.63, 3.8) is 0 Å². The summed E-state index contributed by atoms with van der Waals surface area (Å²) >= 11 is 0. The highest BCUT2D eigenvalue weighted by atomic mass is 15.3. The van der Waals surface area contributed by atoms with Gasteiger partial charge in [-0.15, -0.1) is 10.2 Å². The third-order valence-corrected chi connectivity index (χ3v) is 4.91. The van der Waals surface area contributed by atoms with Gasteiger partial charge in [-0.1, -0.05) is 6.92 Å². The summed E-state index contributed by atoms with van der Waals surface area (Å²) in [5.74, 6) is 2.84. The Morgan fingerprint density at radius 3 is 2.62 bits per heavy atom. The lowest BCUT2D eigenvalue weighted by molar-refractivity contribution is 0.643. The van der Waals surface area contributed by atoms with Crippen molar-refractivity contribution in [1.82, 2.24) is 34.5 Å². The number of hydrogen-bond acceptors (Lipinski definition) is 7. The maximum Gasteiger partial charge on any atom is 0.203 e. The molecule has 9 nitrogen and oxygen atoms in total. The minimum absolute atomic E-state index is 0.827. The van der Waals surface area contributed by atoms with Crippen molar-refractivity contribution >= 4 is 28.3 Å². The molecule has 4 aromatic rings. The second-order valence-corrected chi connectivity index (χ2v) is 6.33. The van der Waals surface area contributed by atoms with Crippen LogP contribution < -0.4 is 9.80 Å². The van der Waals surface area contributed by atoms with Crippen LogP contribution in [0, 0.1) is 0 Å². The highest BCUT2D eigenvalue weighted by molar-refractivity contribution is 5.87. The Labute approximate surface area is 149 Å². The number of aromatic amines is 1. The maximum atomic E-state index is 4.57. The molecule has 0 amide bonds. The molecule has 1 saturated heterocycles. The van der Waals surface area contributed by atoms with Crippen LogP contribution >= 0.6 is 0 Å². The summed E-state index contributed by atoms with van der Waals surface area (Å²) in [5, 5.41) is 9.68. The van der Waals surface area contributed by atoms with Crippen molar-refractivity contribution < 1.29 is 0 Å². The van der Waals surface area contributed by atoms with Gasteiger partial charge in [0.1, 0.15) is 23.6 Å². The van der Waals surface area contributed by atoms with Crippen LogP contribution in [0.4, 0.5) is 11.6 Å². The van der Waals surface area contributed by atoms with Gasteiger partial charge < -0.3 is 14.8 Å². The van der Waals surface area contributed by atoms with E-state index in [1.54, 1.807) is 6.33 Å². The predicted molar refractivity (Wildman–Crippen MR) is 98.5 cm³/mol. The Morgan fingerprint density at radius 1 is 1.00 bits per heavy atom. The molecule has 132 valence electrons. The molecule has 0 aliphatic carbocycles. The lowest BCUT2D eigenvalue weighted by Gasteiger charge is -2.36. The maximum absolute atomic E-state index is 4.57. The first-order valence-corrected chi connectivity index (χ1v) is 8.81. The van der Waals surface area contributed by atoms with Gasteiger partial charge >= 0.3 is 0 Å². The van der Waals surface area contributed by atoms with E-state index in [1.807, 2.05) is 29.1 Å². The molecule has 4 aromatic heterocycles. The molecular formula is C17H19N9. The average Bonchev–Trinajstić information content (AvgIpc) is 3.34. The third kappa shape index (κ3) is 2.27. The van der Waals surface area contributed by atoms with E-state index >= 15 is 0 Å². The Kier molecular flexibility index (Phi) is 3.44. The summed E-state index contributed by atoms with van der Waals surface area (Å²) in [6, 6.07) is 2.03. The van der Waals surface area contributed by atoms with Crippen LogP contribution in [0.1, 0.15) is 12.7 Å². The molecule has 0 atom stereocenters. The smallest absolute Gasteiger partial charge is 0.203 e. The molecule has 0 bridgehead atoms. The van der Waals surface area contributed by atoms with Crippen molar-refractivity contribution in [2.45, 2.75) is 13.3 Å². The normalized spacial score (nSPS) is 15.3. The molecule has 9 heteroatoms. The molecule has 1 aliphatic heterocycles. The number of anilines is 2. The predicted octanol–water partition coefficient (Wildman–Crippen LogP) is 1.28. The molecule has 0 saturated carbocycles. The lowest BCUT2D eigenvalue weighted by atomic mass is 10.2. The van der Waals surface area contributed by atoms with Crippen molar-refractivity contribution in [3.8, 4) is 0 Å². The molecule has 1 aliphatic rings. The van der Waals surface area contributed by atoms with Crippen molar-refractivity contribution in [3.05, 3.63) is 36.8 Å². The van der Waals surface area contributed by atoms with Crippen LogP contribution in [0.2, 0.25) is 0 Å². The number of fused-ring (bicyclic) bond motifs is 2. The van der Waals surface area contributed by atoms with Gasteiger partial charge in [0, 0.05) is 51.2 Å². The topological polar surface area (TPSA) is 91.1 Å². The van der Waals surface area contributed by atoms with Gasteiger partial charge in [-0.3, -0.25) is 4.40 Å². The number of piperazine rings is 1. The number of nitrogens with one attached hydrogen (secondary N) is 1. The van der Waals surface area contributed by atoms with Gasteiger partial charge in [0.25, 0.3) is 0 Å². The summed E-state index contributed by atoms with van der Waals surface area (Å²) in [4.78, 5) is 21.1. The second kappa shape index (κ2) is 5.94. The van der Waals surface area contributed by atoms with E-state index in [4.69, 9.17) is 0 Å². The highest BCUT2D eigenvalue weighted by Crippen LogP contribution is 2.25. The van der Waals surface area contributed by atoms with Crippen LogP contribution in [-0.2, 0) is 6.42 Å². The second-order valence-electron chi connectivity index (χ2n) is 6.33.